The molecule has 1 aliphatic rings. The summed E-state index contributed by atoms with van der Waals surface area (Å²) >= 11 is 0. The Morgan fingerprint density at radius 3 is 3.06 bits per heavy atom. The van der Waals surface area contributed by atoms with Gasteiger partial charge in [0.25, 0.3) is 0 Å². The van der Waals surface area contributed by atoms with Gasteiger partial charge in [0.2, 0.25) is 0 Å². The van der Waals surface area contributed by atoms with E-state index in [1.807, 2.05) is 0 Å². The van der Waals surface area contributed by atoms with Gasteiger partial charge in [-0.2, -0.15) is 5.10 Å². The number of hydrogen-bond acceptors (Lipinski definition) is 4. The average molecular weight is 224 g/mol. The van der Waals surface area contributed by atoms with Crippen molar-refractivity contribution in [2.45, 2.75) is 38.8 Å². The van der Waals surface area contributed by atoms with Crippen molar-refractivity contribution in [1.29, 1.82) is 0 Å². The van der Waals surface area contributed by atoms with Crippen molar-refractivity contribution in [3.63, 3.8) is 0 Å². The van der Waals surface area contributed by atoms with Gasteiger partial charge in [-0.05, 0) is 25.8 Å². The summed E-state index contributed by atoms with van der Waals surface area (Å²) < 4.78 is 7.42. The highest BCUT2D eigenvalue weighted by molar-refractivity contribution is 4.88. The summed E-state index contributed by atoms with van der Waals surface area (Å²) in [5.41, 5.74) is 0. The van der Waals surface area contributed by atoms with Crippen molar-refractivity contribution in [2.24, 2.45) is 0 Å². The predicted octanol–water partition coefficient (Wildman–Crippen LogP) is 1.13. The molecule has 0 aromatic carbocycles. The van der Waals surface area contributed by atoms with Crippen molar-refractivity contribution in [1.82, 2.24) is 20.1 Å². The van der Waals surface area contributed by atoms with Crippen molar-refractivity contribution < 1.29 is 4.74 Å². The van der Waals surface area contributed by atoms with Crippen LogP contribution in [0, 0.1) is 0 Å². The minimum absolute atomic E-state index is 0.467. The first-order valence-corrected chi connectivity index (χ1v) is 6.08. The van der Waals surface area contributed by atoms with Crippen molar-refractivity contribution >= 4 is 0 Å². The fourth-order valence-electron chi connectivity index (χ4n) is 2.01. The second-order valence-corrected chi connectivity index (χ2v) is 4.14. The second-order valence-electron chi connectivity index (χ2n) is 4.14. The molecule has 0 aliphatic carbocycles. The van der Waals surface area contributed by atoms with Gasteiger partial charge in [0.1, 0.15) is 12.2 Å². The Balaban J connectivity index is 1.94. The van der Waals surface area contributed by atoms with E-state index >= 15 is 0 Å². The molecule has 1 aliphatic heterocycles. The molecule has 0 spiro atoms. The van der Waals surface area contributed by atoms with Gasteiger partial charge in [0, 0.05) is 13.2 Å². The highest BCUT2D eigenvalue weighted by Gasteiger charge is 2.18. The Morgan fingerprint density at radius 1 is 1.50 bits per heavy atom. The SMILES string of the molecule is CCCNCc1ncnn1C1CCOCC1. The van der Waals surface area contributed by atoms with E-state index in [9.17, 15) is 0 Å². The molecule has 0 unspecified atom stereocenters. The van der Waals surface area contributed by atoms with Gasteiger partial charge < -0.3 is 10.1 Å². The zero-order valence-corrected chi connectivity index (χ0v) is 9.85. The highest BCUT2D eigenvalue weighted by atomic mass is 16.5. The van der Waals surface area contributed by atoms with Crippen LogP contribution in [0.25, 0.3) is 0 Å². The Kier molecular flexibility index (Phi) is 4.30. The third kappa shape index (κ3) is 2.80. The normalized spacial score (nSPS) is 17.8. The lowest BCUT2D eigenvalue weighted by Crippen LogP contribution is -2.25. The fourth-order valence-corrected chi connectivity index (χ4v) is 2.01. The lowest BCUT2D eigenvalue weighted by Gasteiger charge is -2.23. The first kappa shape index (κ1) is 11.5. The molecule has 5 nitrogen and oxygen atoms in total. The smallest absolute Gasteiger partial charge is 0.141 e. The zero-order chi connectivity index (χ0) is 11.2. The predicted molar refractivity (Wildman–Crippen MR) is 61.1 cm³/mol. The third-order valence-corrected chi connectivity index (χ3v) is 2.89. The summed E-state index contributed by atoms with van der Waals surface area (Å²) in [5, 5.41) is 7.69. The number of nitrogens with zero attached hydrogens (tertiary/aromatic N) is 3. The molecule has 2 heterocycles. The van der Waals surface area contributed by atoms with Crippen LogP contribution < -0.4 is 5.32 Å². The van der Waals surface area contributed by atoms with Crippen LogP contribution in [-0.4, -0.2) is 34.5 Å². The number of aromatic nitrogens is 3. The molecule has 5 heteroatoms. The maximum absolute atomic E-state index is 5.36. The molecule has 90 valence electrons. The number of ether oxygens (including phenoxy) is 1. The van der Waals surface area contributed by atoms with E-state index in [1.54, 1.807) is 6.33 Å². The summed E-state index contributed by atoms with van der Waals surface area (Å²) in [4.78, 5) is 4.31. The molecule has 0 radical (unpaired) electrons. The van der Waals surface area contributed by atoms with Gasteiger partial charge in [-0.3, -0.25) is 0 Å². The first-order chi connectivity index (χ1) is 7.92. The molecule has 1 N–H and O–H groups in total. The summed E-state index contributed by atoms with van der Waals surface area (Å²) in [5.74, 6) is 1.04. The van der Waals surface area contributed by atoms with Crippen LogP contribution in [0.3, 0.4) is 0 Å². The van der Waals surface area contributed by atoms with Crippen LogP contribution in [0.2, 0.25) is 0 Å². The van der Waals surface area contributed by atoms with E-state index in [0.29, 0.717) is 6.04 Å². The molecule has 1 saturated heterocycles. The Morgan fingerprint density at radius 2 is 2.31 bits per heavy atom. The average Bonchev–Trinajstić information content (AvgIpc) is 2.79. The van der Waals surface area contributed by atoms with Gasteiger partial charge >= 0.3 is 0 Å². The van der Waals surface area contributed by atoms with Crippen molar-refractivity contribution in [3.05, 3.63) is 12.2 Å². The highest BCUT2D eigenvalue weighted by Crippen LogP contribution is 2.20. The molecule has 0 atom stereocenters. The molecule has 0 saturated carbocycles. The van der Waals surface area contributed by atoms with Crippen LogP contribution in [0.1, 0.15) is 38.1 Å². The Hall–Kier alpha value is -0.940. The first-order valence-electron chi connectivity index (χ1n) is 6.08. The molecule has 1 aromatic heterocycles. The van der Waals surface area contributed by atoms with E-state index in [1.165, 1.54) is 0 Å². The topological polar surface area (TPSA) is 52.0 Å². The minimum Gasteiger partial charge on any atom is -0.381 e. The third-order valence-electron chi connectivity index (χ3n) is 2.89. The molecule has 0 amide bonds. The minimum atomic E-state index is 0.467. The van der Waals surface area contributed by atoms with E-state index < -0.39 is 0 Å². The maximum Gasteiger partial charge on any atom is 0.141 e. The zero-order valence-electron chi connectivity index (χ0n) is 9.85. The van der Waals surface area contributed by atoms with E-state index in [2.05, 4.69) is 27.0 Å². The molecule has 0 bridgehead atoms. The summed E-state index contributed by atoms with van der Waals surface area (Å²) in [6, 6.07) is 0.467. The number of hydrogen-bond donors (Lipinski definition) is 1. The summed E-state index contributed by atoms with van der Waals surface area (Å²) in [6.45, 7) is 5.68. The van der Waals surface area contributed by atoms with Gasteiger partial charge in [0.15, 0.2) is 0 Å². The summed E-state index contributed by atoms with van der Waals surface area (Å²) in [7, 11) is 0. The van der Waals surface area contributed by atoms with Gasteiger partial charge in [-0.25, -0.2) is 9.67 Å². The largest absolute Gasteiger partial charge is 0.381 e. The number of rotatable bonds is 5. The maximum atomic E-state index is 5.36. The standard InChI is InChI=1S/C11H20N4O/c1-2-5-12-8-11-13-9-14-15(11)10-3-6-16-7-4-10/h9-10,12H,2-8H2,1H3. The lowest BCUT2D eigenvalue weighted by molar-refractivity contribution is 0.0652. The van der Waals surface area contributed by atoms with Gasteiger partial charge in [-0.15, -0.1) is 0 Å². The molecular weight excluding hydrogens is 204 g/mol. The van der Waals surface area contributed by atoms with Crippen LogP contribution in [0.4, 0.5) is 0 Å². The van der Waals surface area contributed by atoms with Crippen molar-refractivity contribution in [3.8, 4) is 0 Å². The lowest BCUT2D eigenvalue weighted by atomic mass is 10.1. The van der Waals surface area contributed by atoms with Gasteiger partial charge in [-0.1, -0.05) is 6.92 Å². The van der Waals surface area contributed by atoms with E-state index in [-0.39, 0.29) is 0 Å². The Bertz CT molecular complexity index is 307. The van der Waals surface area contributed by atoms with E-state index in [0.717, 1.165) is 51.4 Å². The Labute approximate surface area is 96.2 Å². The van der Waals surface area contributed by atoms with Crippen molar-refractivity contribution in [2.75, 3.05) is 19.8 Å². The molecule has 1 aromatic rings. The molecular formula is C11H20N4O. The van der Waals surface area contributed by atoms with Crippen LogP contribution >= 0.6 is 0 Å². The van der Waals surface area contributed by atoms with Crippen LogP contribution in [-0.2, 0) is 11.3 Å². The van der Waals surface area contributed by atoms with E-state index in [4.69, 9.17) is 4.74 Å². The summed E-state index contributed by atoms with van der Waals surface area (Å²) in [6.07, 6.45) is 4.89. The quantitative estimate of drug-likeness (QED) is 0.762. The monoisotopic (exact) mass is 224 g/mol. The molecule has 1 fully saturated rings. The second kappa shape index (κ2) is 5.96. The molecule has 16 heavy (non-hydrogen) atoms. The molecule has 2 rings (SSSR count). The number of nitrogens with one attached hydrogen (secondary N) is 1. The van der Waals surface area contributed by atoms with Gasteiger partial charge in [0.05, 0.1) is 12.6 Å². The van der Waals surface area contributed by atoms with Crippen LogP contribution in [0.5, 0.6) is 0 Å². The fraction of sp³-hybridized carbons (Fsp3) is 0.818. The van der Waals surface area contributed by atoms with Crippen LogP contribution in [0.15, 0.2) is 6.33 Å².